The maximum absolute atomic E-state index is 10.7. The molecule has 13 heavy (non-hydrogen) atoms. The highest BCUT2D eigenvalue weighted by Crippen LogP contribution is 2.19. The molecule has 0 saturated heterocycles. The molecule has 3 N–H and O–H groups in total. The van der Waals surface area contributed by atoms with E-state index in [-0.39, 0.29) is 11.3 Å². The monoisotopic (exact) mass is 201 g/mol. The van der Waals surface area contributed by atoms with Gasteiger partial charge in [-0.15, -0.1) is 0 Å². The van der Waals surface area contributed by atoms with Crippen LogP contribution in [0.25, 0.3) is 0 Å². The van der Waals surface area contributed by atoms with E-state index in [2.05, 4.69) is 0 Å². The van der Waals surface area contributed by atoms with Gasteiger partial charge in [0.2, 0.25) is 0 Å². The molecule has 1 unspecified atom stereocenters. The van der Waals surface area contributed by atoms with Crippen LogP contribution in [0.3, 0.4) is 0 Å². The number of hydrogen-bond acceptors (Lipinski definition) is 4. The fraction of sp³-hybridized carbons (Fsp3) is 0.143. The third-order valence-corrected chi connectivity index (χ3v) is 2.62. The zero-order valence-electron chi connectivity index (χ0n) is 6.47. The predicted octanol–water partition coefficient (Wildman–Crippen LogP) is -0.587. The topological polar surface area (TPSA) is 97.5 Å². The van der Waals surface area contributed by atoms with Crippen LogP contribution in [0.2, 0.25) is 0 Å². The first kappa shape index (κ1) is 9.73. The molecule has 1 aliphatic carbocycles. The molecule has 0 heterocycles. The normalized spacial score (nSPS) is 22.4. The zero-order valence-corrected chi connectivity index (χ0v) is 7.28. The summed E-state index contributed by atoms with van der Waals surface area (Å²) in [7, 11) is -4.33. The summed E-state index contributed by atoms with van der Waals surface area (Å²) in [4.78, 5) is 10.3. The van der Waals surface area contributed by atoms with Gasteiger partial charge in [-0.2, -0.15) is 8.42 Å². The molecule has 0 amide bonds. The number of carbonyl (C=O) groups excluding carboxylic acids is 1. The molecule has 70 valence electrons. The lowest BCUT2D eigenvalue weighted by atomic mass is 10.1. The summed E-state index contributed by atoms with van der Waals surface area (Å²) in [6.45, 7) is 0. The van der Waals surface area contributed by atoms with Crippen LogP contribution in [0.1, 0.15) is 0 Å². The SMILES string of the molecule is NC1=CC=CC(S(=O)(=O)O)C1=C=O. The standard InChI is InChI=1S/C7H7NO4S/c8-6-2-1-3-7(5(6)4-9)13(10,11)12/h1-3,7H,8H2,(H,10,11,12). The van der Waals surface area contributed by atoms with Crippen LogP contribution >= 0.6 is 0 Å². The van der Waals surface area contributed by atoms with E-state index in [9.17, 15) is 13.2 Å². The summed E-state index contributed by atoms with van der Waals surface area (Å²) in [6, 6.07) is 0. The van der Waals surface area contributed by atoms with Crippen molar-refractivity contribution >= 4 is 16.1 Å². The van der Waals surface area contributed by atoms with Crippen molar-refractivity contribution in [3.8, 4) is 0 Å². The van der Waals surface area contributed by atoms with Crippen LogP contribution in [-0.2, 0) is 14.9 Å². The number of nitrogens with two attached hydrogens (primary N) is 1. The van der Waals surface area contributed by atoms with Crippen LogP contribution in [-0.4, -0.2) is 24.2 Å². The van der Waals surface area contributed by atoms with Crippen LogP contribution in [0, 0.1) is 0 Å². The Morgan fingerprint density at radius 3 is 2.54 bits per heavy atom. The van der Waals surface area contributed by atoms with E-state index in [1.54, 1.807) is 0 Å². The summed E-state index contributed by atoms with van der Waals surface area (Å²) in [5.74, 6) is 1.39. The average molecular weight is 201 g/mol. The molecule has 1 rings (SSSR count). The quantitative estimate of drug-likeness (QED) is 0.436. The highest BCUT2D eigenvalue weighted by molar-refractivity contribution is 7.86. The number of allylic oxidation sites excluding steroid dienone is 3. The van der Waals surface area contributed by atoms with Gasteiger partial charge >= 0.3 is 0 Å². The van der Waals surface area contributed by atoms with E-state index in [1.165, 1.54) is 18.1 Å². The van der Waals surface area contributed by atoms with Gasteiger partial charge in [-0.25, -0.2) is 4.79 Å². The lowest BCUT2D eigenvalue weighted by molar-refractivity contribution is 0.479. The molecule has 0 bridgehead atoms. The van der Waals surface area contributed by atoms with Crippen LogP contribution in [0.5, 0.6) is 0 Å². The third kappa shape index (κ3) is 1.86. The van der Waals surface area contributed by atoms with Gasteiger partial charge in [0.05, 0.1) is 5.57 Å². The largest absolute Gasteiger partial charge is 0.398 e. The van der Waals surface area contributed by atoms with Crippen molar-refractivity contribution in [2.24, 2.45) is 5.73 Å². The van der Waals surface area contributed by atoms with Crippen molar-refractivity contribution in [2.45, 2.75) is 5.25 Å². The Morgan fingerprint density at radius 1 is 1.54 bits per heavy atom. The zero-order chi connectivity index (χ0) is 10.1. The van der Waals surface area contributed by atoms with E-state index in [0.29, 0.717) is 0 Å². The number of rotatable bonds is 1. The van der Waals surface area contributed by atoms with Gasteiger partial charge in [0.25, 0.3) is 10.1 Å². The van der Waals surface area contributed by atoms with Crippen molar-refractivity contribution in [3.05, 3.63) is 29.5 Å². The van der Waals surface area contributed by atoms with Crippen LogP contribution in [0.4, 0.5) is 0 Å². The van der Waals surface area contributed by atoms with Crippen LogP contribution in [0.15, 0.2) is 29.5 Å². The minimum Gasteiger partial charge on any atom is -0.398 e. The fourth-order valence-electron chi connectivity index (χ4n) is 0.976. The fourth-order valence-corrected chi connectivity index (χ4v) is 1.75. The Kier molecular flexibility index (Phi) is 2.38. The summed E-state index contributed by atoms with van der Waals surface area (Å²) >= 11 is 0. The second kappa shape index (κ2) is 3.18. The molecule has 0 aromatic rings. The molecule has 0 fully saturated rings. The molecular weight excluding hydrogens is 194 g/mol. The van der Waals surface area contributed by atoms with Gasteiger partial charge in [0, 0.05) is 5.70 Å². The van der Waals surface area contributed by atoms with Crippen molar-refractivity contribution in [2.75, 3.05) is 0 Å². The summed E-state index contributed by atoms with van der Waals surface area (Å²) in [5.41, 5.74) is 5.05. The van der Waals surface area contributed by atoms with E-state index in [4.69, 9.17) is 10.3 Å². The average Bonchev–Trinajstić information content (AvgIpc) is 2.02. The Hall–Kier alpha value is -1.36. The molecule has 0 aromatic heterocycles. The molecule has 0 aliphatic heterocycles. The lowest BCUT2D eigenvalue weighted by Gasteiger charge is -2.13. The first-order chi connectivity index (χ1) is 5.96. The van der Waals surface area contributed by atoms with Crippen molar-refractivity contribution in [1.82, 2.24) is 0 Å². The predicted molar refractivity (Wildman–Crippen MR) is 46.0 cm³/mol. The molecule has 0 aromatic carbocycles. The first-order valence-electron chi connectivity index (χ1n) is 3.32. The Balaban J connectivity index is 3.26. The molecular formula is C7H7NO4S. The van der Waals surface area contributed by atoms with Gasteiger partial charge in [-0.1, -0.05) is 12.2 Å². The first-order valence-corrected chi connectivity index (χ1v) is 4.82. The molecule has 0 saturated carbocycles. The minimum atomic E-state index is -4.33. The van der Waals surface area contributed by atoms with Gasteiger partial charge in [-0.3, -0.25) is 4.55 Å². The van der Waals surface area contributed by atoms with E-state index in [0.717, 1.165) is 6.08 Å². The minimum absolute atomic E-state index is 0.000116. The lowest BCUT2D eigenvalue weighted by Crippen LogP contribution is -2.26. The summed E-state index contributed by atoms with van der Waals surface area (Å²) in [5, 5.41) is -1.39. The van der Waals surface area contributed by atoms with Crippen molar-refractivity contribution in [1.29, 1.82) is 0 Å². The second-order valence-corrected chi connectivity index (χ2v) is 4.00. The van der Waals surface area contributed by atoms with Crippen LogP contribution < -0.4 is 5.73 Å². The van der Waals surface area contributed by atoms with Gasteiger partial charge in [-0.05, 0) is 6.08 Å². The highest BCUT2D eigenvalue weighted by atomic mass is 32.2. The third-order valence-electron chi connectivity index (χ3n) is 1.59. The molecule has 0 spiro atoms. The van der Waals surface area contributed by atoms with E-state index >= 15 is 0 Å². The van der Waals surface area contributed by atoms with Gasteiger partial charge in [0.15, 0.2) is 0 Å². The maximum Gasteiger partial charge on any atom is 0.276 e. The Morgan fingerprint density at radius 2 is 2.15 bits per heavy atom. The molecule has 0 radical (unpaired) electrons. The van der Waals surface area contributed by atoms with Crippen molar-refractivity contribution < 1.29 is 17.8 Å². The van der Waals surface area contributed by atoms with E-state index < -0.39 is 15.4 Å². The molecule has 6 heteroatoms. The Labute approximate surface area is 75.0 Å². The molecule has 5 nitrogen and oxygen atoms in total. The van der Waals surface area contributed by atoms with Gasteiger partial charge < -0.3 is 5.73 Å². The smallest absolute Gasteiger partial charge is 0.276 e. The molecule has 1 atom stereocenters. The summed E-state index contributed by atoms with van der Waals surface area (Å²) < 4.78 is 30.1. The molecule has 1 aliphatic rings. The summed E-state index contributed by atoms with van der Waals surface area (Å²) in [6.07, 6.45) is 3.88. The highest BCUT2D eigenvalue weighted by Gasteiger charge is 2.28. The second-order valence-electron chi connectivity index (χ2n) is 2.46. The van der Waals surface area contributed by atoms with E-state index in [1.807, 2.05) is 0 Å². The maximum atomic E-state index is 10.7. The Bertz CT molecular complexity index is 425. The van der Waals surface area contributed by atoms with Gasteiger partial charge in [0.1, 0.15) is 11.2 Å². The number of hydrogen-bond donors (Lipinski definition) is 2. The van der Waals surface area contributed by atoms with Crippen molar-refractivity contribution in [3.63, 3.8) is 0 Å².